The van der Waals surface area contributed by atoms with Crippen molar-refractivity contribution in [1.29, 1.82) is 0 Å². The standard InChI is InChI=1S/C31H27ClN4O4S/c32-23-7-5-21(6-8-23)18-35-19-22(26-3-1-2-4-27(26)35)17-28-30(38)36(31(39)41-28)20-29(37)33-24-9-11-25(12-10-24)34-13-15-40-16-14-34/h1-12,17,19H,13-16,18,20H2,(H,33,37)/b28-17-. The van der Waals surface area contributed by atoms with Gasteiger partial charge in [-0.3, -0.25) is 19.3 Å². The topological polar surface area (TPSA) is 83.9 Å². The Morgan fingerprint density at radius 3 is 2.46 bits per heavy atom. The predicted octanol–water partition coefficient (Wildman–Crippen LogP) is 5.85. The van der Waals surface area contributed by atoms with Gasteiger partial charge in [0.15, 0.2) is 0 Å². The molecule has 0 bridgehead atoms. The molecule has 1 N–H and O–H groups in total. The third-order valence-electron chi connectivity index (χ3n) is 7.07. The normalized spacial score (nSPS) is 16.7. The number of benzene rings is 3. The third-order valence-corrected chi connectivity index (χ3v) is 8.23. The van der Waals surface area contributed by atoms with E-state index in [1.807, 2.05) is 79.0 Å². The second kappa shape index (κ2) is 11.8. The van der Waals surface area contributed by atoms with Gasteiger partial charge in [-0.05, 0) is 65.9 Å². The van der Waals surface area contributed by atoms with E-state index in [4.69, 9.17) is 16.3 Å². The summed E-state index contributed by atoms with van der Waals surface area (Å²) in [5.74, 6) is -0.917. The smallest absolute Gasteiger partial charge is 0.294 e. The van der Waals surface area contributed by atoms with Crippen LogP contribution in [0.4, 0.5) is 16.2 Å². The summed E-state index contributed by atoms with van der Waals surface area (Å²) in [7, 11) is 0. The zero-order valence-electron chi connectivity index (χ0n) is 22.1. The molecule has 4 aromatic rings. The van der Waals surface area contributed by atoms with Crippen molar-refractivity contribution in [2.24, 2.45) is 0 Å². The number of nitrogens with one attached hydrogen (secondary N) is 1. The van der Waals surface area contributed by atoms with Gasteiger partial charge in [-0.15, -0.1) is 0 Å². The SMILES string of the molecule is O=C(CN1C(=O)S/C(=C\c2cn(Cc3ccc(Cl)cc3)c3ccccc23)C1=O)Nc1ccc(N2CCOCC2)cc1. The fraction of sp³-hybridized carbons (Fsp3) is 0.194. The second-order valence-corrected chi connectivity index (χ2v) is 11.2. The number of nitrogens with zero attached hydrogens (tertiary/aromatic N) is 3. The van der Waals surface area contributed by atoms with Crippen molar-refractivity contribution in [3.05, 3.63) is 100 Å². The maximum atomic E-state index is 13.2. The highest BCUT2D eigenvalue weighted by atomic mass is 35.5. The maximum Gasteiger partial charge on any atom is 0.294 e. The van der Waals surface area contributed by atoms with Crippen molar-refractivity contribution in [3.8, 4) is 0 Å². The quantitative estimate of drug-likeness (QED) is 0.273. The van der Waals surface area contributed by atoms with E-state index in [9.17, 15) is 14.4 Å². The zero-order valence-corrected chi connectivity index (χ0v) is 23.7. The van der Waals surface area contributed by atoms with Crippen molar-refractivity contribution in [1.82, 2.24) is 9.47 Å². The van der Waals surface area contributed by atoms with Crippen LogP contribution in [0.5, 0.6) is 0 Å². The predicted molar refractivity (Wildman–Crippen MR) is 163 cm³/mol. The van der Waals surface area contributed by atoms with Crippen LogP contribution in [0.15, 0.2) is 83.9 Å². The van der Waals surface area contributed by atoms with E-state index in [0.29, 0.717) is 30.5 Å². The number of carbonyl (C=O) groups is 3. The minimum absolute atomic E-state index is 0.284. The Balaban J connectivity index is 1.15. The van der Waals surface area contributed by atoms with Gasteiger partial charge in [-0.2, -0.15) is 0 Å². The molecule has 0 unspecified atom stereocenters. The Kier molecular flexibility index (Phi) is 7.82. The summed E-state index contributed by atoms with van der Waals surface area (Å²) in [6.07, 6.45) is 3.70. The molecule has 6 rings (SSSR count). The molecule has 41 heavy (non-hydrogen) atoms. The highest BCUT2D eigenvalue weighted by molar-refractivity contribution is 8.18. The number of rotatable bonds is 7. The second-order valence-electron chi connectivity index (χ2n) is 9.82. The summed E-state index contributed by atoms with van der Waals surface area (Å²) >= 11 is 6.89. The number of fused-ring (bicyclic) bond motifs is 1. The average molecular weight is 587 g/mol. The summed E-state index contributed by atoms with van der Waals surface area (Å²) in [5.41, 5.74) is 4.57. The summed E-state index contributed by atoms with van der Waals surface area (Å²) < 4.78 is 7.50. The molecule has 2 fully saturated rings. The van der Waals surface area contributed by atoms with Gasteiger partial charge in [0.2, 0.25) is 5.91 Å². The van der Waals surface area contributed by atoms with Crippen molar-refractivity contribution in [2.75, 3.05) is 43.1 Å². The minimum atomic E-state index is -0.479. The number of para-hydroxylation sites is 1. The Hall–Kier alpha value is -4.05. The maximum absolute atomic E-state index is 13.2. The first-order valence-electron chi connectivity index (χ1n) is 13.2. The van der Waals surface area contributed by atoms with E-state index in [0.717, 1.165) is 57.5 Å². The number of imide groups is 1. The molecular formula is C31H27ClN4O4S. The lowest BCUT2D eigenvalue weighted by Gasteiger charge is -2.28. The van der Waals surface area contributed by atoms with Crippen LogP contribution in [-0.4, -0.2) is 59.4 Å². The van der Waals surface area contributed by atoms with Gasteiger partial charge >= 0.3 is 0 Å². The largest absolute Gasteiger partial charge is 0.378 e. The Morgan fingerprint density at radius 2 is 1.71 bits per heavy atom. The number of morpholine rings is 1. The molecule has 3 amide bonds. The molecule has 2 aliphatic heterocycles. The van der Waals surface area contributed by atoms with Gasteiger partial charge in [0.1, 0.15) is 6.54 Å². The number of halogens is 1. The van der Waals surface area contributed by atoms with Gasteiger partial charge in [-0.1, -0.05) is 41.9 Å². The summed E-state index contributed by atoms with van der Waals surface area (Å²) in [6, 6.07) is 23.1. The number of carbonyl (C=O) groups excluding carboxylic acids is 3. The van der Waals surface area contributed by atoms with Gasteiger partial charge in [0, 0.05) is 58.7 Å². The van der Waals surface area contributed by atoms with Crippen LogP contribution in [0.1, 0.15) is 11.1 Å². The van der Waals surface area contributed by atoms with E-state index in [2.05, 4.69) is 14.8 Å². The molecule has 8 nitrogen and oxygen atoms in total. The molecule has 2 saturated heterocycles. The molecule has 3 heterocycles. The highest BCUT2D eigenvalue weighted by Crippen LogP contribution is 2.34. The summed E-state index contributed by atoms with van der Waals surface area (Å²) in [4.78, 5) is 42.2. The third kappa shape index (κ3) is 6.02. The molecule has 0 atom stereocenters. The molecule has 0 radical (unpaired) electrons. The number of ether oxygens (including phenoxy) is 1. The number of hydrogen-bond acceptors (Lipinski definition) is 6. The van der Waals surface area contributed by atoms with E-state index in [1.54, 1.807) is 6.08 Å². The molecule has 1 aromatic heterocycles. The lowest BCUT2D eigenvalue weighted by molar-refractivity contribution is -0.127. The number of anilines is 2. The molecule has 2 aliphatic rings. The molecule has 0 saturated carbocycles. The Morgan fingerprint density at radius 1 is 0.976 bits per heavy atom. The van der Waals surface area contributed by atoms with E-state index >= 15 is 0 Å². The summed E-state index contributed by atoms with van der Waals surface area (Å²) in [6.45, 7) is 3.29. The van der Waals surface area contributed by atoms with Crippen LogP contribution in [-0.2, 0) is 20.9 Å². The molecular weight excluding hydrogens is 560 g/mol. The van der Waals surface area contributed by atoms with Gasteiger partial charge in [0.25, 0.3) is 11.1 Å². The molecule has 208 valence electrons. The minimum Gasteiger partial charge on any atom is -0.378 e. The van der Waals surface area contributed by atoms with E-state index in [1.165, 1.54) is 0 Å². The number of thioether (sulfide) groups is 1. The first-order valence-corrected chi connectivity index (χ1v) is 14.4. The van der Waals surface area contributed by atoms with Crippen LogP contribution in [0, 0.1) is 0 Å². The number of amides is 3. The fourth-order valence-corrected chi connectivity index (χ4v) is 5.96. The molecule has 0 spiro atoms. The first-order chi connectivity index (χ1) is 19.9. The van der Waals surface area contributed by atoms with Crippen LogP contribution >= 0.6 is 23.4 Å². The molecule has 3 aromatic carbocycles. The highest BCUT2D eigenvalue weighted by Gasteiger charge is 2.36. The van der Waals surface area contributed by atoms with Gasteiger partial charge in [-0.25, -0.2) is 0 Å². The zero-order chi connectivity index (χ0) is 28.3. The van der Waals surface area contributed by atoms with Crippen LogP contribution in [0.3, 0.4) is 0 Å². The lowest BCUT2D eigenvalue weighted by atomic mass is 10.1. The Labute approximate surface area is 246 Å². The van der Waals surface area contributed by atoms with E-state index < -0.39 is 17.1 Å². The van der Waals surface area contributed by atoms with Crippen LogP contribution < -0.4 is 10.2 Å². The van der Waals surface area contributed by atoms with Crippen molar-refractivity contribution in [2.45, 2.75) is 6.54 Å². The fourth-order valence-electron chi connectivity index (χ4n) is 5.01. The Bertz CT molecular complexity index is 1640. The average Bonchev–Trinajstić information content (AvgIpc) is 3.46. The monoisotopic (exact) mass is 586 g/mol. The van der Waals surface area contributed by atoms with E-state index in [-0.39, 0.29) is 11.4 Å². The van der Waals surface area contributed by atoms with Crippen LogP contribution in [0.25, 0.3) is 17.0 Å². The van der Waals surface area contributed by atoms with Gasteiger partial charge < -0.3 is 19.5 Å². The number of hydrogen-bond donors (Lipinski definition) is 1. The van der Waals surface area contributed by atoms with Crippen molar-refractivity contribution < 1.29 is 19.1 Å². The van der Waals surface area contributed by atoms with Crippen molar-refractivity contribution in [3.63, 3.8) is 0 Å². The van der Waals surface area contributed by atoms with Gasteiger partial charge in [0.05, 0.1) is 18.1 Å². The molecule has 10 heteroatoms. The first kappa shape index (κ1) is 27.1. The molecule has 0 aliphatic carbocycles. The van der Waals surface area contributed by atoms with Crippen LogP contribution in [0.2, 0.25) is 5.02 Å². The lowest BCUT2D eigenvalue weighted by Crippen LogP contribution is -2.36. The van der Waals surface area contributed by atoms with Crippen molar-refractivity contribution >= 4 is 68.8 Å². The summed E-state index contributed by atoms with van der Waals surface area (Å²) in [5, 5.41) is 3.96. The number of aromatic nitrogens is 1.